The Bertz CT molecular complexity index is 721. The zero-order valence-corrected chi connectivity index (χ0v) is 13.4. The molecule has 0 aliphatic rings. The zero-order chi connectivity index (χ0) is 17.0. The predicted octanol–water partition coefficient (Wildman–Crippen LogP) is 2.39. The molecule has 1 aromatic heterocycles. The van der Waals surface area contributed by atoms with Crippen molar-refractivity contribution in [3.63, 3.8) is 0 Å². The molecule has 2 aromatic rings. The van der Waals surface area contributed by atoms with Crippen LogP contribution in [-0.4, -0.2) is 18.5 Å². The SMILES string of the molecule is Cc1cc(C)c(NC(=O)COC(=O)c2cc[n+]([O-])cc2)c(Cl)c1. The van der Waals surface area contributed by atoms with Crippen LogP contribution in [0.1, 0.15) is 21.5 Å². The molecule has 1 amide bonds. The number of rotatable bonds is 4. The monoisotopic (exact) mass is 334 g/mol. The molecule has 0 unspecified atom stereocenters. The van der Waals surface area contributed by atoms with Gasteiger partial charge in [-0.25, -0.2) is 4.79 Å². The fourth-order valence-electron chi connectivity index (χ4n) is 2.01. The minimum absolute atomic E-state index is 0.189. The van der Waals surface area contributed by atoms with E-state index < -0.39 is 18.5 Å². The average molecular weight is 335 g/mol. The molecule has 0 radical (unpaired) electrons. The van der Waals surface area contributed by atoms with Gasteiger partial charge in [0, 0.05) is 12.1 Å². The first kappa shape index (κ1) is 16.8. The summed E-state index contributed by atoms with van der Waals surface area (Å²) in [5, 5.41) is 13.9. The Balaban J connectivity index is 1.95. The van der Waals surface area contributed by atoms with Gasteiger partial charge in [-0.05, 0) is 31.0 Å². The molecule has 23 heavy (non-hydrogen) atoms. The second-order valence-electron chi connectivity index (χ2n) is 5.01. The fraction of sp³-hybridized carbons (Fsp3) is 0.188. The van der Waals surface area contributed by atoms with E-state index in [-0.39, 0.29) is 5.56 Å². The van der Waals surface area contributed by atoms with Crippen molar-refractivity contribution < 1.29 is 19.1 Å². The molecule has 120 valence electrons. The van der Waals surface area contributed by atoms with Crippen molar-refractivity contribution in [3.8, 4) is 0 Å². The Morgan fingerprint density at radius 3 is 2.52 bits per heavy atom. The summed E-state index contributed by atoms with van der Waals surface area (Å²) in [5.41, 5.74) is 2.48. The number of hydrogen-bond acceptors (Lipinski definition) is 4. The number of carbonyl (C=O) groups is 2. The largest absolute Gasteiger partial charge is 0.619 e. The molecule has 1 N–H and O–H groups in total. The van der Waals surface area contributed by atoms with Crippen LogP contribution in [0.25, 0.3) is 0 Å². The Hall–Kier alpha value is -2.60. The van der Waals surface area contributed by atoms with Crippen LogP contribution in [0.5, 0.6) is 0 Å². The number of aryl methyl sites for hydroxylation is 2. The molecule has 0 bridgehead atoms. The van der Waals surface area contributed by atoms with Crippen LogP contribution in [0.4, 0.5) is 5.69 Å². The lowest BCUT2D eigenvalue weighted by Gasteiger charge is -2.11. The second kappa shape index (κ2) is 7.11. The molecule has 0 atom stereocenters. The Morgan fingerprint density at radius 2 is 1.91 bits per heavy atom. The lowest BCUT2D eigenvalue weighted by Crippen LogP contribution is -2.25. The van der Waals surface area contributed by atoms with Gasteiger partial charge in [0.25, 0.3) is 5.91 Å². The first-order valence-electron chi connectivity index (χ1n) is 6.79. The van der Waals surface area contributed by atoms with Gasteiger partial charge in [-0.1, -0.05) is 17.7 Å². The molecule has 6 nitrogen and oxygen atoms in total. The maximum atomic E-state index is 11.9. The van der Waals surface area contributed by atoms with Crippen LogP contribution in [0.15, 0.2) is 36.7 Å². The number of halogens is 1. The molecule has 1 heterocycles. The lowest BCUT2D eigenvalue weighted by atomic mass is 10.1. The number of ether oxygens (including phenoxy) is 1. The second-order valence-corrected chi connectivity index (χ2v) is 5.42. The molecular weight excluding hydrogens is 320 g/mol. The number of nitrogens with zero attached hydrogens (tertiary/aromatic N) is 1. The van der Waals surface area contributed by atoms with E-state index in [2.05, 4.69) is 5.32 Å². The summed E-state index contributed by atoms with van der Waals surface area (Å²) in [6, 6.07) is 6.25. The molecule has 0 fully saturated rings. The summed E-state index contributed by atoms with van der Waals surface area (Å²) in [4.78, 5) is 23.6. The van der Waals surface area contributed by atoms with Gasteiger partial charge in [0.15, 0.2) is 19.0 Å². The number of esters is 1. The molecule has 0 saturated heterocycles. The number of nitrogens with one attached hydrogen (secondary N) is 1. The summed E-state index contributed by atoms with van der Waals surface area (Å²) >= 11 is 6.10. The van der Waals surface area contributed by atoms with Crippen molar-refractivity contribution in [2.75, 3.05) is 11.9 Å². The molecule has 1 aromatic carbocycles. The third-order valence-corrected chi connectivity index (χ3v) is 3.37. The fourth-order valence-corrected chi connectivity index (χ4v) is 2.38. The maximum Gasteiger partial charge on any atom is 0.339 e. The van der Waals surface area contributed by atoms with Crippen molar-refractivity contribution in [1.29, 1.82) is 0 Å². The quantitative estimate of drug-likeness (QED) is 0.528. The third kappa shape index (κ3) is 4.43. The van der Waals surface area contributed by atoms with Gasteiger partial charge in [0.05, 0.1) is 16.3 Å². The Labute approximate surface area is 138 Å². The minimum Gasteiger partial charge on any atom is -0.619 e. The van der Waals surface area contributed by atoms with Crippen molar-refractivity contribution in [2.24, 2.45) is 0 Å². The van der Waals surface area contributed by atoms with Gasteiger partial charge in [-0.3, -0.25) is 4.79 Å². The summed E-state index contributed by atoms with van der Waals surface area (Å²) in [6.07, 6.45) is 2.35. The highest BCUT2D eigenvalue weighted by Gasteiger charge is 2.13. The molecule has 0 saturated carbocycles. The number of hydrogen-bond donors (Lipinski definition) is 1. The molecular formula is C16H15ClN2O4. The van der Waals surface area contributed by atoms with Crippen LogP contribution in [0, 0.1) is 19.1 Å². The maximum absolute atomic E-state index is 11.9. The smallest absolute Gasteiger partial charge is 0.339 e. The van der Waals surface area contributed by atoms with Gasteiger partial charge >= 0.3 is 5.97 Å². The highest BCUT2D eigenvalue weighted by molar-refractivity contribution is 6.34. The number of carbonyl (C=O) groups excluding carboxylic acids is 2. The number of benzene rings is 1. The van der Waals surface area contributed by atoms with Crippen LogP contribution in [-0.2, 0) is 9.53 Å². The van der Waals surface area contributed by atoms with Crippen LogP contribution >= 0.6 is 11.6 Å². The van der Waals surface area contributed by atoms with E-state index in [1.54, 1.807) is 6.07 Å². The molecule has 7 heteroatoms. The standard InChI is InChI=1S/C16H15ClN2O4/c1-10-7-11(2)15(13(17)8-10)18-14(20)9-23-16(21)12-3-5-19(22)6-4-12/h3-8H,9H2,1-2H3,(H,18,20). The molecule has 2 rings (SSSR count). The van der Waals surface area contributed by atoms with Gasteiger partial charge in [-0.2, -0.15) is 4.73 Å². The number of pyridine rings is 1. The Morgan fingerprint density at radius 1 is 1.26 bits per heavy atom. The van der Waals surface area contributed by atoms with Crippen molar-refractivity contribution in [3.05, 3.63) is 63.6 Å². The summed E-state index contributed by atoms with van der Waals surface area (Å²) in [6.45, 7) is 3.27. The van der Waals surface area contributed by atoms with Crippen LogP contribution in [0.3, 0.4) is 0 Å². The van der Waals surface area contributed by atoms with Crippen molar-refractivity contribution >= 4 is 29.2 Å². The third-order valence-electron chi connectivity index (χ3n) is 3.07. The van der Waals surface area contributed by atoms with Crippen molar-refractivity contribution in [1.82, 2.24) is 0 Å². The van der Waals surface area contributed by atoms with Crippen LogP contribution < -0.4 is 10.0 Å². The van der Waals surface area contributed by atoms with Crippen LogP contribution in [0.2, 0.25) is 5.02 Å². The van der Waals surface area contributed by atoms with E-state index in [9.17, 15) is 14.8 Å². The van der Waals surface area contributed by atoms with E-state index in [0.717, 1.165) is 11.1 Å². The first-order valence-corrected chi connectivity index (χ1v) is 7.17. The summed E-state index contributed by atoms with van der Waals surface area (Å²) in [7, 11) is 0. The lowest BCUT2D eigenvalue weighted by molar-refractivity contribution is -0.605. The first-order chi connectivity index (χ1) is 10.9. The van der Waals surface area contributed by atoms with Gasteiger partial charge in [0.2, 0.25) is 0 Å². The number of amides is 1. The van der Waals surface area contributed by atoms with Gasteiger partial charge in [0.1, 0.15) is 0 Å². The highest BCUT2D eigenvalue weighted by atomic mass is 35.5. The van der Waals surface area contributed by atoms with E-state index in [4.69, 9.17) is 16.3 Å². The van der Waals surface area contributed by atoms with Gasteiger partial charge in [-0.15, -0.1) is 0 Å². The van der Waals surface area contributed by atoms with E-state index in [0.29, 0.717) is 15.4 Å². The van der Waals surface area contributed by atoms with E-state index in [1.165, 1.54) is 24.5 Å². The summed E-state index contributed by atoms with van der Waals surface area (Å²) in [5.74, 6) is -1.19. The molecule has 0 aliphatic carbocycles. The van der Waals surface area contributed by atoms with Crippen molar-refractivity contribution in [2.45, 2.75) is 13.8 Å². The van der Waals surface area contributed by atoms with E-state index >= 15 is 0 Å². The topological polar surface area (TPSA) is 82.3 Å². The molecule has 0 spiro atoms. The predicted molar refractivity (Wildman–Crippen MR) is 85.2 cm³/mol. The van der Waals surface area contributed by atoms with Gasteiger partial charge < -0.3 is 15.3 Å². The number of anilines is 1. The van der Waals surface area contributed by atoms with E-state index in [1.807, 2.05) is 19.9 Å². The number of aromatic nitrogens is 1. The summed E-state index contributed by atoms with van der Waals surface area (Å²) < 4.78 is 5.45. The normalized spacial score (nSPS) is 10.2. The zero-order valence-electron chi connectivity index (χ0n) is 12.6. The molecule has 0 aliphatic heterocycles. The minimum atomic E-state index is -0.688. The Kier molecular flexibility index (Phi) is 5.18. The average Bonchev–Trinajstić information content (AvgIpc) is 2.49. The highest BCUT2D eigenvalue weighted by Crippen LogP contribution is 2.27.